The van der Waals surface area contributed by atoms with Crippen molar-refractivity contribution in [1.82, 2.24) is 0 Å². The van der Waals surface area contributed by atoms with E-state index in [1.165, 1.54) is 7.11 Å². The first kappa shape index (κ1) is 19.5. The van der Waals surface area contributed by atoms with Gasteiger partial charge in [0.1, 0.15) is 6.61 Å². The molecule has 1 fully saturated rings. The van der Waals surface area contributed by atoms with Crippen molar-refractivity contribution in [3.8, 4) is 0 Å². The summed E-state index contributed by atoms with van der Waals surface area (Å²) in [5, 5.41) is 0. The second-order valence-electron chi connectivity index (χ2n) is 8.14. The smallest absolute Gasteiger partial charge is 0.305 e. The zero-order valence-electron chi connectivity index (χ0n) is 16.3. The van der Waals surface area contributed by atoms with Crippen LogP contribution < -0.4 is 0 Å². The van der Waals surface area contributed by atoms with Crippen molar-refractivity contribution in [2.24, 2.45) is 16.7 Å². The van der Waals surface area contributed by atoms with Gasteiger partial charge in [0.25, 0.3) is 0 Å². The van der Waals surface area contributed by atoms with E-state index >= 15 is 0 Å². The molecule has 2 atom stereocenters. The molecule has 0 radical (unpaired) electrons. The number of fused-ring (bicyclic) bond motifs is 1. The first-order valence-corrected chi connectivity index (χ1v) is 9.42. The van der Waals surface area contributed by atoms with Crippen LogP contribution in [0, 0.1) is 16.7 Å². The van der Waals surface area contributed by atoms with Crippen molar-refractivity contribution in [1.29, 1.82) is 0 Å². The number of rotatable bonds is 6. The van der Waals surface area contributed by atoms with Crippen LogP contribution in [0.4, 0.5) is 0 Å². The summed E-state index contributed by atoms with van der Waals surface area (Å²) in [6, 6.07) is 0. The van der Waals surface area contributed by atoms with Crippen LogP contribution in [0.1, 0.15) is 52.9 Å². The number of carbonyl (C=O) groups is 4. The van der Waals surface area contributed by atoms with E-state index in [0.717, 1.165) is 18.4 Å². The number of esters is 2. The van der Waals surface area contributed by atoms with Crippen LogP contribution in [0.2, 0.25) is 0 Å². The Morgan fingerprint density at radius 3 is 2.41 bits per heavy atom. The second kappa shape index (κ2) is 6.73. The molecule has 3 aliphatic rings. The van der Waals surface area contributed by atoms with Gasteiger partial charge in [-0.05, 0) is 33.1 Å². The molecule has 0 N–H and O–H groups in total. The zero-order chi connectivity index (χ0) is 20.0. The summed E-state index contributed by atoms with van der Waals surface area (Å²) in [6.45, 7) is 5.51. The molecule has 0 aromatic carbocycles. The van der Waals surface area contributed by atoms with Gasteiger partial charge in [0.05, 0.1) is 12.5 Å². The molecule has 0 amide bonds. The fraction of sp³-hybridized carbons (Fsp3) is 0.619. The Balaban J connectivity index is 1.69. The van der Waals surface area contributed by atoms with Crippen LogP contribution in [0.15, 0.2) is 22.8 Å². The van der Waals surface area contributed by atoms with Crippen LogP contribution >= 0.6 is 0 Å². The van der Waals surface area contributed by atoms with Gasteiger partial charge in [-0.1, -0.05) is 18.6 Å². The fourth-order valence-electron chi connectivity index (χ4n) is 4.32. The quantitative estimate of drug-likeness (QED) is 0.665. The number of methoxy groups -OCH3 is 1. The van der Waals surface area contributed by atoms with E-state index in [2.05, 4.69) is 4.74 Å². The molecule has 0 saturated heterocycles. The largest absolute Gasteiger partial charge is 0.469 e. The van der Waals surface area contributed by atoms with Gasteiger partial charge in [-0.15, -0.1) is 0 Å². The Morgan fingerprint density at radius 1 is 1.19 bits per heavy atom. The minimum absolute atomic E-state index is 0.0228. The van der Waals surface area contributed by atoms with Gasteiger partial charge in [-0.2, -0.15) is 0 Å². The van der Waals surface area contributed by atoms with Crippen LogP contribution in [0.3, 0.4) is 0 Å². The molecule has 1 saturated carbocycles. The summed E-state index contributed by atoms with van der Waals surface area (Å²) in [6.07, 6.45) is 4.14. The third-order valence-corrected chi connectivity index (χ3v) is 6.40. The molecule has 3 rings (SSSR count). The maximum Gasteiger partial charge on any atom is 0.305 e. The summed E-state index contributed by atoms with van der Waals surface area (Å²) >= 11 is 0. The van der Waals surface area contributed by atoms with Crippen molar-refractivity contribution in [2.75, 3.05) is 13.7 Å². The van der Waals surface area contributed by atoms with E-state index in [4.69, 9.17) is 4.74 Å². The minimum atomic E-state index is -1.01. The SMILES string of the molecule is COC(=O)CCCC(=O)OCC1(C)C=C2C(=O)[C@@H](C)C3(CC3)C(C)=C2C1=O. The zero-order valence-corrected chi connectivity index (χ0v) is 16.3. The minimum Gasteiger partial charge on any atom is -0.469 e. The maximum absolute atomic E-state index is 13.1. The fourth-order valence-corrected chi connectivity index (χ4v) is 4.32. The number of hydrogen-bond acceptors (Lipinski definition) is 6. The Hall–Kier alpha value is -2.24. The molecule has 3 aliphatic carbocycles. The van der Waals surface area contributed by atoms with Gasteiger partial charge in [-0.3, -0.25) is 19.2 Å². The highest BCUT2D eigenvalue weighted by atomic mass is 16.5. The number of Topliss-reactive ketones (excluding diaryl/α,β-unsaturated/α-hetero) is 2. The lowest BCUT2D eigenvalue weighted by molar-refractivity contribution is -0.147. The van der Waals surface area contributed by atoms with Gasteiger partial charge >= 0.3 is 11.9 Å². The molecule has 0 bridgehead atoms. The van der Waals surface area contributed by atoms with Crippen LogP contribution in [-0.2, 0) is 28.7 Å². The first-order valence-electron chi connectivity index (χ1n) is 9.42. The van der Waals surface area contributed by atoms with E-state index in [-0.39, 0.29) is 48.3 Å². The lowest BCUT2D eigenvalue weighted by atomic mass is 9.71. The molecule has 0 aromatic heterocycles. The average Bonchev–Trinajstić information content (AvgIpc) is 3.40. The Kier molecular flexibility index (Phi) is 4.87. The summed E-state index contributed by atoms with van der Waals surface area (Å²) in [4.78, 5) is 48.9. The first-order chi connectivity index (χ1) is 12.7. The van der Waals surface area contributed by atoms with E-state index in [1.807, 2.05) is 13.8 Å². The normalized spacial score (nSPS) is 28.1. The van der Waals surface area contributed by atoms with Crippen LogP contribution in [0.5, 0.6) is 0 Å². The maximum atomic E-state index is 13.1. The summed E-state index contributed by atoms with van der Waals surface area (Å²) in [5.41, 5.74) is 0.889. The highest BCUT2D eigenvalue weighted by Gasteiger charge is 2.59. The van der Waals surface area contributed by atoms with Crippen molar-refractivity contribution < 1.29 is 28.7 Å². The van der Waals surface area contributed by atoms with E-state index in [0.29, 0.717) is 17.6 Å². The highest BCUT2D eigenvalue weighted by Crippen LogP contribution is 2.63. The predicted octanol–water partition coefficient (Wildman–Crippen LogP) is 2.70. The number of ketones is 2. The molecule has 6 nitrogen and oxygen atoms in total. The monoisotopic (exact) mass is 374 g/mol. The molecule has 6 heteroatoms. The number of hydrogen-bond donors (Lipinski definition) is 0. The van der Waals surface area contributed by atoms with Crippen molar-refractivity contribution in [2.45, 2.75) is 52.9 Å². The summed E-state index contributed by atoms with van der Waals surface area (Å²) in [7, 11) is 1.30. The number of carbonyl (C=O) groups excluding carboxylic acids is 4. The van der Waals surface area contributed by atoms with Crippen LogP contribution in [0.25, 0.3) is 0 Å². The van der Waals surface area contributed by atoms with Gasteiger partial charge in [-0.25, -0.2) is 0 Å². The molecule has 1 unspecified atom stereocenters. The molecule has 0 aliphatic heterocycles. The van der Waals surface area contributed by atoms with Gasteiger partial charge in [0.15, 0.2) is 11.6 Å². The molecule has 0 heterocycles. The van der Waals surface area contributed by atoms with Crippen molar-refractivity contribution in [3.05, 3.63) is 22.8 Å². The number of allylic oxidation sites excluding steroid dienone is 3. The Labute approximate surface area is 159 Å². The molecule has 1 spiro atoms. The van der Waals surface area contributed by atoms with Gasteiger partial charge < -0.3 is 9.47 Å². The summed E-state index contributed by atoms with van der Waals surface area (Å²) in [5.74, 6) is -1.06. The lowest BCUT2D eigenvalue weighted by Crippen LogP contribution is -2.34. The van der Waals surface area contributed by atoms with Crippen molar-refractivity contribution in [3.63, 3.8) is 0 Å². The lowest BCUT2D eigenvalue weighted by Gasteiger charge is -2.31. The predicted molar refractivity (Wildman–Crippen MR) is 96.6 cm³/mol. The molecular formula is C21H26O6. The van der Waals surface area contributed by atoms with E-state index in [1.54, 1.807) is 13.0 Å². The van der Waals surface area contributed by atoms with Crippen LogP contribution in [-0.4, -0.2) is 37.2 Å². The second-order valence-corrected chi connectivity index (χ2v) is 8.14. The Morgan fingerprint density at radius 2 is 1.81 bits per heavy atom. The van der Waals surface area contributed by atoms with E-state index in [9.17, 15) is 19.2 Å². The molecular weight excluding hydrogens is 348 g/mol. The third-order valence-electron chi connectivity index (χ3n) is 6.40. The topological polar surface area (TPSA) is 86.7 Å². The van der Waals surface area contributed by atoms with E-state index < -0.39 is 11.4 Å². The average molecular weight is 374 g/mol. The van der Waals surface area contributed by atoms with Gasteiger partial charge in [0.2, 0.25) is 0 Å². The molecule has 146 valence electrons. The number of ether oxygens (including phenoxy) is 2. The van der Waals surface area contributed by atoms with Crippen molar-refractivity contribution >= 4 is 23.5 Å². The Bertz CT molecular complexity index is 782. The van der Waals surface area contributed by atoms with Gasteiger partial charge in [0, 0.05) is 35.3 Å². The standard InChI is InChI=1S/C21H26O6/c1-12-17-14(18(24)13(2)21(12)8-9-21)10-20(3,19(17)25)11-27-16(23)7-5-6-15(22)26-4/h10,13H,5-9,11H2,1-4H3/t13-,20?/m1/s1. The third kappa shape index (κ3) is 3.15. The molecule has 27 heavy (non-hydrogen) atoms. The highest BCUT2D eigenvalue weighted by molar-refractivity contribution is 6.21. The molecule has 0 aromatic rings. The summed E-state index contributed by atoms with van der Waals surface area (Å²) < 4.78 is 9.82.